The van der Waals surface area contributed by atoms with Crippen molar-refractivity contribution in [1.82, 2.24) is 10.2 Å². The highest BCUT2D eigenvalue weighted by molar-refractivity contribution is 7.92. The molecule has 0 atom stereocenters. The van der Waals surface area contributed by atoms with Gasteiger partial charge in [-0.2, -0.15) is 5.26 Å². The van der Waals surface area contributed by atoms with Gasteiger partial charge in [0.15, 0.2) is 11.5 Å². The minimum atomic E-state index is -3.53. The average Bonchev–Trinajstić information content (AvgIpc) is 3.30. The van der Waals surface area contributed by atoms with Crippen LogP contribution in [0, 0.1) is 11.3 Å². The fraction of sp³-hybridized carbons (Fsp3) is 0.182. The van der Waals surface area contributed by atoms with Crippen LogP contribution in [0.5, 0.6) is 17.2 Å². The molecule has 2 aromatic carbocycles. The zero-order valence-corrected chi connectivity index (χ0v) is 19.9. The molecule has 12 heteroatoms. The van der Waals surface area contributed by atoms with Crippen LogP contribution in [0.3, 0.4) is 0 Å². The molecule has 0 aliphatic heterocycles. The SMILES string of the molecule is COc1ccccc1OCCOc1ccc(/C=C(/C#N)C(=O)Nc2nnc(S(C)(=O)=O)s2)cc1. The Bertz CT molecular complexity index is 1330. The van der Waals surface area contributed by atoms with Crippen LogP contribution in [-0.4, -0.2) is 51.1 Å². The van der Waals surface area contributed by atoms with Crippen LogP contribution in [0.1, 0.15) is 5.56 Å². The minimum Gasteiger partial charge on any atom is -0.493 e. The van der Waals surface area contributed by atoms with Gasteiger partial charge in [-0.15, -0.1) is 10.2 Å². The highest BCUT2D eigenvalue weighted by Crippen LogP contribution is 2.25. The third kappa shape index (κ3) is 6.77. The number of aromatic nitrogens is 2. The first-order valence-corrected chi connectivity index (χ1v) is 12.5. The van der Waals surface area contributed by atoms with E-state index in [1.165, 1.54) is 6.08 Å². The molecule has 1 aromatic heterocycles. The number of sulfone groups is 1. The van der Waals surface area contributed by atoms with Crippen molar-refractivity contribution in [2.75, 3.05) is 31.9 Å². The largest absolute Gasteiger partial charge is 0.493 e. The number of anilines is 1. The molecular weight excluding hydrogens is 480 g/mol. The summed E-state index contributed by atoms with van der Waals surface area (Å²) in [5.41, 5.74) is 0.411. The number of amides is 1. The van der Waals surface area contributed by atoms with Gasteiger partial charge >= 0.3 is 0 Å². The fourth-order valence-electron chi connectivity index (χ4n) is 2.60. The Morgan fingerprint density at radius 3 is 2.38 bits per heavy atom. The van der Waals surface area contributed by atoms with Gasteiger partial charge in [0.25, 0.3) is 5.91 Å². The summed E-state index contributed by atoms with van der Waals surface area (Å²) in [4.78, 5) is 12.4. The van der Waals surface area contributed by atoms with E-state index in [1.807, 2.05) is 18.2 Å². The van der Waals surface area contributed by atoms with Crippen molar-refractivity contribution in [3.05, 3.63) is 59.7 Å². The normalized spacial score (nSPS) is 11.4. The molecule has 10 nitrogen and oxygen atoms in total. The molecule has 0 saturated heterocycles. The van der Waals surface area contributed by atoms with Crippen LogP contribution >= 0.6 is 11.3 Å². The Balaban J connectivity index is 1.55. The zero-order valence-electron chi connectivity index (χ0n) is 18.2. The zero-order chi connectivity index (χ0) is 24.6. The van der Waals surface area contributed by atoms with E-state index in [2.05, 4.69) is 15.5 Å². The molecule has 0 unspecified atom stereocenters. The molecule has 0 aliphatic rings. The number of benzene rings is 2. The molecule has 176 valence electrons. The number of hydrogen-bond donors (Lipinski definition) is 1. The number of nitrogens with zero attached hydrogens (tertiary/aromatic N) is 3. The Labute approximate surface area is 200 Å². The van der Waals surface area contributed by atoms with Crippen LogP contribution in [0.15, 0.2) is 58.4 Å². The molecule has 0 fully saturated rings. The summed E-state index contributed by atoms with van der Waals surface area (Å²) >= 11 is 0.702. The molecule has 1 N–H and O–H groups in total. The summed E-state index contributed by atoms with van der Waals surface area (Å²) in [5, 5.41) is 18.8. The molecule has 0 spiro atoms. The second-order valence-corrected chi connectivity index (χ2v) is 9.85. The molecule has 0 aliphatic carbocycles. The molecule has 3 rings (SSSR count). The van der Waals surface area contributed by atoms with Gasteiger partial charge in [-0.3, -0.25) is 10.1 Å². The molecule has 34 heavy (non-hydrogen) atoms. The van der Waals surface area contributed by atoms with E-state index < -0.39 is 15.7 Å². The average molecular weight is 501 g/mol. The Morgan fingerprint density at radius 2 is 1.76 bits per heavy atom. The standard InChI is InChI=1S/C22H20N4O6S2/c1-30-18-5-3-4-6-19(18)32-12-11-31-17-9-7-15(8-10-17)13-16(14-23)20(27)24-21-25-26-22(33-21)34(2,28)29/h3-10,13H,11-12H2,1-2H3,(H,24,25,27)/b16-13-. The second-order valence-electron chi connectivity index (χ2n) is 6.69. The predicted molar refractivity (Wildman–Crippen MR) is 126 cm³/mol. The first kappa shape index (κ1) is 24.7. The minimum absolute atomic E-state index is 0.0225. The Hall–Kier alpha value is -3.95. The van der Waals surface area contributed by atoms with Crippen molar-refractivity contribution in [2.24, 2.45) is 0 Å². The molecule has 0 radical (unpaired) electrons. The summed E-state index contributed by atoms with van der Waals surface area (Å²) in [5.74, 6) is 1.12. The lowest BCUT2D eigenvalue weighted by atomic mass is 10.1. The van der Waals surface area contributed by atoms with Crippen molar-refractivity contribution in [2.45, 2.75) is 4.34 Å². The number of carbonyl (C=O) groups is 1. The van der Waals surface area contributed by atoms with Gasteiger partial charge in [0.2, 0.25) is 19.3 Å². The molecule has 1 amide bonds. The maximum Gasteiger partial charge on any atom is 0.268 e. The van der Waals surface area contributed by atoms with Gasteiger partial charge in [0.05, 0.1) is 7.11 Å². The predicted octanol–water partition coefficient (Wildman–Crippen LogP) is 2.95. The van der Waals surface area contributed by atoms with Crippen LogP contribution in [0.4, 0.5) is 5.13 Å². The summed E-state index contributed by atoms with van der Waals surface area (Å²) in [7, 11) is -1.96. The summed E-state index contributed by atoms with van der Waals surface area (Å²) in [6.45, 7) is 0.615. The van der Waals surface area contributed by atoms with Crippen molar-refractivity contribution >= 4 is 38.3 Å². The molecular formula is C22H20N4O6S2. The van der Waals surface area contributed by atoms with E-state index in [0.29, 0.717) is 47.4 Å². The number of ether oxygens (including phenoxy) is 3. The first-order valence-electron chi connectivity index (χ1n) is 9.75. The van der Waals surface area contributed by atoms with Gasteiger partial charge in [0, 0.05) is 6.26 Å². The number of rotatable bonds is 10. The number of nitrogens with one attached hydrogen (secondary N) is 1. The van der Waals surface area contributed by atoms with Crippen molar-refractivity contribution < 1.29 is 27.4 Å². The van der Waals surface area contributed by atoms with E-state index in [4.69, 9.17) is 14.2 Å². The topological polar surface area (TPSA) is 140 Å². The maximum absolute atomic E-state index is 12.4. The van der Waals surface area contributed by atoms with E-state index in [9.17, 15) is 18.5 Å². The highest BCUT2D eigenvalue weighted by Gasteiger charge is 2.17. The monoisotopic (exact) mass is 500 g/mol. The number of hydrogen-bond acceptors (Lipinski definition) is 10. The number of carbonyl (C=O) groups excluding carboxylic acids is 1. The Kier molecular flexibility index (Phi) is 8.18. The van der Waals surface area contributed by atoms with Crippen LogP contribution in [0.25, 0.3) is 6.08 Å². The van der Waals surface area contributed by atoms with Gasteiger partial charge in [-0.1, -0.05) is 35.6 Å². The smallest absolute Gasteiger partial charge is 0.268 e. The number of methoxy groups -OCH3 is 1. The lowest BCUT2D eigenvalue weighted by Gasteiger charge is -2.11. The van der Waals surface area contributed by atoms with Gasteiger partial charge in [-0.05, 0) is 35.9 Å². The lowest BCUT2D eigenvalue weighted by Crippen LogP contribution is -2.13. The van der Waals surface area contributed by atoms with Gasteiger partial charge < -0.3 is 14.2 Å². The second kappa shape index (κ2) is 11.3. The van der Waals surface area contributed by atoms with E-state index in [0.717, 1.165) is 6.26 Å². The third-order valence-electron chi connectivity index (χ3n) is 4.18. The lowest BCUT2D eigenvalue weighted by molar-refractivity contribution is -0.112. The maximum atomic E-state index is 12.4. The number of para-hydroxylation sites is 2. The van der Waals surface area contributed by atoms with Crippen molar-refractivity contribution in [3.8, 4) is 23.3 Å². The van der Waals surface area contributed by atoms with Crippen LogP contribution in [-0.2, 0) is 14.6 Å². The Morgan fingerprint density at radius 1 is 1.09 bits per heavy atom. The molecule has 0 bridgehead atoms. The van der Waals surface area contributed by atoms with Gasteiger partial charge in [0.1, 0.15) is 30.6 Å². The van der Waals surface area contributed by atoms with E-state index in [1.54, 1.807) is 43.5 Å². The quantitative estimate of drug-likeness (QED) is 0.192. The van der Waals surface area contributed by atoms with E-state index >= 15 is 0 Å². The summed E-state index contributed by atoms with van der Waals surface area (Å²) in [6, 6.07) is 15.9. The summed E-state index contributed by atoms with van der Waals surface area (Å²) < 4.78 is 39.3. The first-order chi connectivity index (χ1) is 16.3. The van der Waals surface area contributed by atoms with Crippen molar-refractivity contribution in [1.29, 1.82) is 5.26 Å². The van der Waals surface area contributed by atoms with Crippen LogP contribution in [0.2, 0.25) is 0 Å². The molecule has 0 saturated carbocycles. The van der Waals surface area contributed by atoms with Crippen LogP contribution < -0.4 is 19.5 Å². The molecule has 1 heterocycles. The highest BCUT2D eigenvalue weighted by atomic mass is 32.2. The third-order valence-corrected chi connectivity index (χ3v) is 6.69. The van der Waals surface area contributed by atoms with E-state index in [-0.39, 0.29) is 15.0 Å². The molecule has 3 aromatic rings. The fourth-order valence-corrected chi connectivity index (χ4v) is 4.10. The van der Waals surface area contributed by atoms with Gasteiger partial charge in [-0.25, -0.2) is 8.42 Å². The van der Waals surface area contributed by atoms with Crippen molar-refractivity contribution in [3.63, 3.8) is 0 Å². The number of nitriles is 1. The summed E-state index contributed by atoms with van der Waals surface area (Å²) in [6.07, 6.45) is 2.38.